The Bertz CT molecular complexity index is 1730. The molecular weight excluding hydrogens is 612 g/mol. The largest absolute Gasteiger partial charge is 0.463 e. The lowest BCUT2D eigenvalue weighted by Crippen LogP contribution is -2.29. The van der Waals surface area contributed by atoms with E-state index < -0.39 is 29.3 Å². The van der Waals surface area contributed by atoms with Gasteiger partial charge >= 0.3 is 11.9 Å². The second-order valence-electron chi connectivity index (χ2n) is 10.3. The van der Waals surface area contributed by atoms with Gasteiger partial charge < -0.3 is 40.6 Å². The van der Waals surface area contributed by atoms with Gasteiger partial charge in [0, 0.05) is 6.92 Å². The van der Waals surface area contributed by atoms with Gasteiger partial charge in [-0.15, -0.1) is 0 Å². The molecule has 0 fully saturated rings. The van der Waals surface area contributed by atoms with Crippen LogP contribution >= 0.6 is 0 Å². The van der Waals surface area contributed by atoms with Gasteiger partial charge in [-0.25, -0.2) is 9.97 Å². The maximum Gasteiger partial charge on any atom is 0.309 e. The Morgan fingerprint density at radius 2 is 1.26 bits per heavy atom. The molecule has 20 nitrogen and oxygen atoms in total. The predicted molar refractivity (Wildman–Crippen MR) is 161 cm³/mol. The summed E-state index contributed by atoms with van der Waals surface area (Å²) in [4.78, 5) is 66.4. The number of nitrogen functional groups attached to an aromatic ring is 2. The van der Waals surface area contributed by atoms with E-state index in [1.807, 2.05) is 13.8 Å². The molecule has 0 saturated heterocycles. The summed E-state index contributed by atoms with van der Waals surface area (Å²) in [7, 11) is 0. The van der Waals surface area contributed by atoms with Crippen LogP contribution in [0.2, 0.25) is 0 Å². The van der Waals surface area contributed by atoms with Crippen molar-refractivity contribution in [3.05, 3.63) is 33.4 Å². The van der Waals surface area contributed by atoms with Crippen molar-refractivity contribution < 1.29 is 38.7 Å². The van der Waals surface area contributed by atoms with Crippen molar-refractivity contribution in [3.63, 3.8) is 0 Å². The number of aromatic amines is 2. The summed E-state index contributed by atoms with van der Waals surface area (Å²) in [6, 6.07) is 0. The highest BCUT2D eigenvalue weighted by atomic mass is 16.6. The minimum absolute atomic E-state index is 0.0289. The number of rotatable bonds is 14. The third-order valence-corrected chi connectivity index (χ3v) is 6.55. The molecule has 0 spiro atoms. The molecule has 4 rings (SSSR count). The summed E-state index contributed by atoms with van der Waals surface area (Å²) in [5.74, 6) is -0.955. The van der Waals surface area contributed by atoms with E-state index in [9.17, 15) is 24.3 Å². The number of H-pyrrole nitrogens is 2. The highest BCUT2D eigenvalue weighted by Crippen LogP contribution is 2.13. The summed E-state index contributed by atoms with van der Waals surface area (Å²) < 4.78 is 23.7. The Balaban J connectivity index is 0.000000254. The monoisotopic (exact) mass is 650 g/mol. The van der Waals surface area contributed by atoms with Crippen LogP contribution in [0.15, 0.2) is 22.2 Å². The van der Waals surface area contributed by atoms with Crippen LogP contribution in [-0.2, 0) is 42.0 Å². The number of nitrogens with one attached hydrogen (secondary N) is 2. The van der Waals surface area contributed by atoms with Gasteiger partial charge in [-0.2, -0.15) is 9.97 Å². The quantitative estimate of drug-likeness (QED) is 0.0844. The SMILES string of the molecule is CC(=O)OCC(CO)OCn1cnc2c(=O)[nH]c(N)nc21.CC(C)[C@H](C)C(=O)OCC(CO)OCn1cnc2c(=O)[nH]c(N)nc21. The number of anilines is 2. The first kappa shape index (κ1) is 35.6. The van der Waals surface area contributed by atoms with Crippen molar-refractivity contribution in [1.29, 1.82) is 0 Å². The van der Waals surface area contributed by atoms with Gasteiger partial charge in [0.05, 0.1) is 31.8 Å². The average molecular weight is 651 g/mol. The Hall–Kier alpha value is -4.92. The lowest BCUT2D eigenvalue weighted by molar-refractivity contribution is -0.156. The summed E-state index contributed by atoms with van der Waals surface area (Å²) in [5.41, 5.74) is 10.9. The van der Waals surface area contributed by atoms with Crippen molar-refractivity contribution in [2.75, 3.05) is 37.9 Å². The fraction of sp³-hybridized carbons (Fsp3) is 0.538. The highest BCUT2D eigenvalue weighted by molar-refractivity contribution is 5.72. The van der Waals surface area contributed by atoms with Crippen LogP contribution in [0.25, 0.3) is 22.3 Å². The van der Waals surface area contributed by atoms with Crippen LogP contribution in [0, 0.1) is 11.8 Å². The van der Waals surface area contributed by atoms with Gasteiger partial charge in [0.2, 0.25) is 11.9 Å². The number of fused-ring (bicyclic) bond motifs is 2. The normalized spacial score (nSPS) is 13.3. The highest BCUT2D eigenvalue weighted by Gasteiger charge is 2.20. The van der Waals surface area contributed by atoms with Crippen molar-refractivity contribution in [2.24, 2.45) is 11.8 Å². The smallest absolute Gasteiger partial charge is 0.309 e. The number of aliphatic hydroxyl groups is 2. The van der Waals surface area contributed by atoms with Gasteiger partial charge in [0.15, 0.2) is 22.3 Å². The van der Waals surface area contributed by atoms with E-state index >= 15 is 0 Å². The topological polar surface area (TPSA) is 291 Å². The van der Waals surface area contributed by atoms with Crippen LogP contribution in [0.4, 0.5) is 11.9 Å². The van der Waals surface area contributed by atoms with Crippen molar-refractivity contribution in [1.82, 2.24) is 39.0 Å². The molecule has 8 N–H and O–H groups in total. The van der Waals surface area contributed by atoms with Crippen LogP contribution < -0.4 is 22.6 Å². The van der Waals surface area contributed by atoms with Gasteiger partial charge in [-0.05, 0) is 5.92 Å². The Labute approximate surface area is 260 Å². The maximum absolute atomic E-state index is 11.9. The molecule has 0 saturated carbocycles. The molecule has 3 atom stereocenters. The van der Waals surface area contributed by atoms with E-state index in [-0.39, 0.29) is 91.9 Å². The zero-order chi connectivity index (χ0) is 34.0. The van der Waals surface area contributed by atoms with Crippen molar-refractivity contribution >= 4 is 46.2 Å². The molecule has 0 bridgehead atoms. The third kappa shape index (κ3) is 9.54. The molecule has 0 aromatic carbocycles. The molecular formula is C26H38N10O10. The molecule has 0 amide bonds. The number of hydrogen-bond donors (Lipinski definition) is 6. The minimum Gasteiger partial charge on any atom is -0.463 e. The van der Waals surface area contributed by atoms with Crippen molar-refractivity contribution in [2.45, 2.75) is 53.4 Å². The maximum atomic E-state index is 11.9. The average Bonchev–Trinajstić information content (AvgIpc) is 3.61. The van der Waals surface area contributed by atoms with E-state index in [1.54, 1.807) is 6.92 Å². The number of carbonyl (C=O) groups is 2. The van der Waals surface area contributed by atoms with Gasteiger partial charge in [0.25, 0.3) is 11.1 Å². The Morgan fingerprint density at radius 3 is 1.65 bits per heavy atom. The zero-order valence-electron chi connectivity index (χ0n) is 25.7. The van der Waals surface area contributed by atoms with E-state index in [2.05, 4.69) is 29.9 Å². The molecule has 2 unspecified atom stereocenters. The zero-order valence-corrected chi connectivity index (χ0v) is 25.7. The number of aromatic nitrogens is 8. The molecule has 4 aromatic heterocycles. The predicted octanol–water partition coefficient (Wildman–Crippen LogP) is -1.53. The van der Waals surface area contributed by atoms with E-state index in [4.69, 9.17) is 35.5 Å². The number of nitrogens with zero attached hydrogens (tertiary/aromatic N) is 6. The number of hydrogen-bond acceptors (Lipinski definition) is 16. The van der Waals surface area contributed by atoms with Gasteiger partial charge in [0.1, 0.15) is 38.9 Å². The van der Waals surface area contributed by atoms with Crippen LogP contribution in [0.1, 0.15) is 27.7 Å². The summed E-state index contributed by atoms with van der Waals surface area (Å²) in [6.45, 7) is 6.04. The third-order valence-electron chi connectivity index (χ3n) is 6.55. The van der Waals surface area contributed by atoms with E-state index in [0.717, 1.165) is 0 Å². The van der Waals surface area contributed by atoms with Crippen LogP contribution in [0.3, 0.4) is 0 Å². The Morgan fingerprint density at radius 1 is 0.826 bits per heavy atom. The molecule has 252 valence electrons. The van der Waals surface area contributed by atoms with Gasteiger partial charge in [-0.3, -0.25) is 38.3 Å². The summed E-state index contributed by atoms with van der Waals surface area (Å²) >= 11 is 0. The van der Waals surface area contributed by atoms with Gasteiger partial charge in [-0.1, -0.05) is 20.8 Å². The summed E-state index contributed by atoms with van der Waals surface area (Å²) in [6.07, 6.45) is 1.35. The first-order valence-electron chi connectivity index (χ1n) is 14.0. The van der Waals surface area contributed by atoms with E-state index in [0.29, 0.717) is 0 Å². The number of carbonyl (C=O) groups excluding carboxylic acids is 2. The number of nitrogens with two attached hydrogens (primary N) is 2. The molecule has 0 radical (unpaired) electrons. The molecule has 46 heavy (non-hydrogen) atoms. The second kappa shape index (κ2) is 16.4. The van der Waals surface area contributed by atoms with Crippen molar-refractivity contribution in [3.8, 4) is 0 Å². The molecule has 20 heteroatoms. The molecule has 4 heterocycles. The lowest BCUT2D eigenvalue weighted by atomic mass is 9.99. The number of ether oxygens (including phenoxy) is 4. The molecule has 0 aliphatic rings. The van der Waals surface area contributed by atoms with Crippen LogP contribution in [0.5, 0.6) is 0 Å². The first-order chi connectivity index (χ1) is 21.8. The number of esters is 2. The molecule has 0 aliphatic carbocycles. The fourth-order valence-corrected chi connectivity index (χ4v) is 3.60. The number of aliphatic hydroxyl groups excluding tert-OH is 2. The summed E-state index contributed by atoms with van der Waals surface area (Å²) in [5, 5.41) is 18.5. The Kier molecular flexibility index (Phi) is 12.7. The second-order valence-corrected chi connectivity index (χ2v) is 10.3. The van der Waals surface area contributed by atoms with E-state index in [1.165, 1.54) is 28.7 Å². The molecule has 4 aromatic rings. The first-order valence-corrected chi connectivity index (χ1v) is 14.0. The lowest BCUT2D eigenvalue weighted by Gasteiger charge is -2.19. The number of imidazole rings is 2. The molecule has 0 aliphatic heterocycles. The standard InChI is InChI=1S/C15H23N5O5.C11H15N5O5/c1-8(2)9(3)14(23)24-5-10(4-21)25-7-20-6-17-11-12(20)18-15(16)19-13(11)22;1-6(18)20-3-7(2-17)21-5-16-4-13-8-9(16)14-11(12)15-10(8)19/h6,8-10,21H,4-5,7H2,1-3H3,(H3,16,18,19,22);4,7,17H,2-3,5H2,1H3,(H3,12,14,15,19)/t9-,10?;/m0./s1. The minimum atomic E-state index is -0.708. The van der Waals surface area contributed by atoms with Crippen LogP contribution in [-0.4, -0.2) is 99.8 Å². The fourth-order valence-electron chi connectivity index (χ4n) is 3.60.